The number of alkyl halides is 3. The van der Waals surface area contributed by atoms with Crippen LogP contribution in [0.3, 0.4) is 0 Å². The third kappa shape index (κ3) is 6.52. The number of nitrogens with one attached hydrogen (secondary N) is 2. The van der Waals surface area contributed by atoms with E-state index in [1.807, 2.05) is 11.4 Å². The van der Waals surface area contributed by atoms with Gasteiger partial charge in [0.25, 0.3) is 11.8 Å². The second kappa shape index (κ2) is 12.2. The zero-order valence-corrected chi connectivity index (χ0v) is 23.5. The van der Waals surface area contributed by atoms with E-state index in [9.17, 15) is 27.6 Å². The van der Waals surface area contributed by atoms with Crippen LogP contribution in [-0.2, 0) is 17.7 Å². The molecule has 1 aliphatic rings. The number of pyridine rings is 1. The highest BCUT2D eigenvalue weighted by Crippen LogP contribution is 2.43. The molecule has 0 bridgehead atoms. The molecule has 0 unspecified atom stereocenters. The van der Waals surface area contributed by atoms with Crippen molar-refractivity contribution in [3.8, 4) is 27.3 Å². The van der Waals surface area contributed by atoms with Crippen molar-refractivity contribution in [1.82, 2.24) is 10.3 Å². The predicted molar refractivity (Wildman–Crippen MR) is 154 cm³/mol. The van der Waals surface area contributed by atoms with E-state index in [-0.39, 0.29) is 22.4 Å². The molecule has 0 saturated heterocycles. The number of hydrogen-bond donors (Lipinski definition) is 3. The minimum atomic E-state index is -4.64. The van der Waals surface area contributed by atoms with Crippen LogP contribution in [0.5, 0.6) is 5.75 Å². The largest absolute Gasteiger partial charge is 0.493 e. The minimum Gasteiger partial charge on any atom is -0.493 e. The van der Waals surface area contributed by atoms with Crippen molar-refractivity contribution in [1.29, 1.82) is 0 Å². The number of halogens is 3. The number of nitrogens with zero attached hydrogens (tertiary/aromatic N) is 1. The summed E-state index contributed by atoms with van der Waals surface area (Å²) < 4.78 is 48.9. The van der Waals surface area contributed by atoms with E-state index in [1.54, 1.807) is 41.7 Å². The number of benzene rings is 2. The fourth-order valence-electron chi connectivity index (χ4n) is 4.58. The smallest absolute Gasteiger partial charge is 0.405 e. The molecule has 5 rings (SSSR count). The molecule has 9 nitrogen and oxygen atoms in total. The molecule has 0 atom stereocenters. The maximum absolute atomic E-state index is 13.8. The number of carbonyl (C=O) groups excluding carboxylic acids is 3. The van der Waals surface area contributed by atoms with Gasteiger partial charge in [-0.05, 0) is 59.0 Å². The van der Waals surface area contributed by atoms with Crippen molar-refractivity contribution in [2.24, 2.45) is 5.73 Å². The molecule has 2 aromatic carbocycles. The quantitative estimate of drug-likeness (QED) is 0.245. The van der Waals surface area contributed by atoms with Crippen LogP contribution in [0.25, 0.3) is 21.6 Å². The molecule has 4 N–H and O–H groups in total. The van der Waals surface area contributed by atoms with Gasteiger partial charge in [-0.25, -0.2) is 9.78 Å². The summed E-state index contributed by atoms with van der Waals surface area (Å²) >= 11 is 1.50. The van der Waals surface area contributed by atoms with Gasteiger partial charge in [0.15, 0.2) is 5.69 Å². The standard InChI is InChI=1S/C30H25F3N4O5S/c1-41-29(40)25-19(6-7-23(37-25)28(39)35-15-30(31,32)33)20-13-24-22(26-17(8-10-42-24)9-11-43-26)12-21(20)27(38)36-18-4-2-16(14-34)3-5-18/h2-7,9,11-13H,8,10,14-15,34H2,1H3,(H,35,39)(H,36,38). The Morgan fingerprint density at radius 3 is 2.49 bits per heavy atom. The molecule has 4 aromatic rings. The fourth-order valence-corrected chi connectivity index (χ4v) is 5.55. The van der Waals surface area contributed by atoms with Crippen LogP contribution in [0.2, 0.25) is 0 Å². The number of thiophene rings is 1. The van der Waals surface area contributed by atoms with Gasteiger partial charge in [-0.3, -0.25) is 9.59 Å². The minimum absolute atomic E-state index is 0.116. The van der Waals surface area contributed by atoms with Gasteiger partial charge in [0.2, 0.25) is 0 Å². The first-order valence-corrected chi connectivity index (χ1v) is 13.9. The Morgan fingerprint density at radius 2 is 1.79 bits per heavy atom. The van der Waals surface area contributed by atoms with Gasteiger partial charge in [0.05, 0.1) is 13.7 Å². The summed E-state index contributed by atoms with van der Waals surface area (Å²) in [6, 6.07) is 14.8. The number of aromatic nitrogens is 1. The molecule has 2 aromatic heterocycles. The van der Waals surface area contributed by atoms with Crippen molar-refractivity contribution >= 4 is 34.8 Å². The van der Waals surface area contributed by atoms with E-state index in [0.717, 1.165) is 23.1 Å². The van der Waals surface area contributed by atoms with Crippen LogP contribution in [0.15, 0.2) is 60.0 Å². The Hall–Kier alpha value is -4.75. The molecule has 0 spiro atoms. The zero-order valence-electron chi connectivity index (χ0n) is 22.7. The maximum Gasteiger partial charge on any atom is 0.405 e. The van der Waals surface area contributed by atoms with Crippen LogP contribution in [0.4, 0.5) is 18.9 Å². The Morgan fingerprint density at radius 1 is 1.02 bits per heavy atom. The molecule has 0 radical (unpaired) electrons. The van der Waals surface area contributed by atoms with Gasteiger partial charge >= 0.3 is 12.1 Å². The molecule has 13 heteroatoms. The highest BCUT2D eigenvalue weighted by atomic mass is 32.1. The van der Waals surface area contributed by atoms with Gasteiger partial charge in [0, 0.05) is 45.8 Å². The molecule has 0 fully saturated rings. The Balaban J connectivity index is 1.64. The number of amides is 2. The van der Waals surface area contributed by atoms with Crippen LogP contribution in [0, 0.1) is 0 Å². The molecule has 1 aliphatic heterocycles. The summed E-state index contributed by atoms with van der Waals surface area (Å²) in [6.45, 7) is -0.873. The molecule has 43 heavy (non-hydrogen) atoms. The number of methoxy groups -OCH3 is 1. The first kappa shape index (κ1) is 29.7. The highest BCUT2D eigenvalue weighted by Gasteiger charge is 2.30. The molecular weight excluding hydrogens is 585 g/mol. The molecule has 3 heterocycles. The van der Waals surface area contributed by atoms with Gasteiger partial charge in [-0.2, -0.15) is 13.2 Å². The van der Waals surface area contributed by atoms with Gasteiger partial charge in [-0.15, -0.1) is 11.3 Å². The molecular formula is C30H25F3N4O5S. The maximum atomic E-state index is 13.8. The van der Waals surface area contributed by atoms with Crippen molar-refractivity contribution in [3.05, 3.63) is 88.1 Å². The summed E-state index contributed by atoms with van der Waals surface area (Å²) in [5.41, 5.74) is 8.52. The predicted octanol–water partition coefficient (Wildman–Crippen LogP) is 5.20. The average Bonchev–Trinajstić information content (AvgIpc) is 3.40. The average molecular weight is 611 g/mol. The lowest BCUT2D eigenvalue weighted by atomic mass is 9.93. The topological polar surface area (TPSA) is 133 Å². The fraction of sp³-hybridized carbons (Fsp3) is 0.200. The normalized spacial score (nSPS) is 12.3. The van der Waals surface area contributed by atoms with Crippen molar-refractivity contribution < 1.29 is 37.0 Å². The Labute approximate surface area is 247 Å². The van der Waals surface area contributed by atoms with E-state index >= 15 is 0 Å². The summed E-state index contributed by atoms with van der Waals surface area (Å²) in [4.78, 5) is 44.1. The summed E-state index contributed by atoms with van der Waals surface area (Å²) in [7, 11) is 1.10. The Bertz CT molecular complexity index is 1700. The SMILES string of the molecule is COC(=O)c1nc(C(=O)NCC(F)(F)F)ccc1-c1cc2c(cc1C(=O)Nc1ccc(CN)cc1)-c1sccc1CCO2. The summed E-state index contributed by atoms with van der Waals surface area (Å²) in [5.74, 6) is -2.14. The van der Waals surface area contributed by atoms with Crippen LogP contribution >= 0.6 is 11.3 Å². The van der Waals surface area contributed by atoms with Crippen LogP contribution in [-0.4, -0.2) is 49.2 Å². The van der Waals surface area contributed by atoms with Crippen molar-refractivity contribution in [2.45, 2.75) is 19.1 Å². The van der Waals surface area contributed by atoms with Crippen LogP contribution in [0.1, 0.15) is 42.5 Å². The Kier molecular flexibility index (Phi) is 8.46. The number of rotatable bonds is 7. The second-order valence-electron chi connectivity index (χ2n) is 9.50. The molecule has 0 saturated carbocycles. The van der Waals surface area contributed by atoms with E-state index in [4.69, 9.17) is 15.2 Å². The van der Waals surface area contributed by atoms with E-state index in [1.165, 1.54) is 23.5 Å². The third-order valence-corrected chi connectivity index (χ3v) is 7.67. The summed E-state index contributed by atoms with van der Waals surface area (Å²) in [6.07, 6.45) is -3.99. The van der Waals surface area contributed by atoms with Crippen molar-refractivity contribution in [3.63, 3.8) is 0 Å². The molecule has 222 valence electrons. The van der Waals surface area contributed by atoms with Gasteiger partial charge in [0.1, 0.15) is 18.0 Å². The lowest BCUT2D eigenvalue weighted by Gasteiger charge is -2.17. The lowest BCUT2D eigenvalue weighted by molar-refractivity contribution is -0.123. The van der Waals surface area contributed by atoms with E-state index in [2.05, 4.69) is 10.3 Å². The monoisotopic (exact) mass is 610 g/mol. The van der Waals surface area contributed by atoms with Crippen LogP contribution < -0.4 is 21.1 Å². The van der Waals surface area contributed by atoms with E-state index < -0.39 is 36.2 Å². The molecule has 0 aliphatic carbocycles. The summed E-state index contributed by atoms with van der Waals surface area (Å²) in [5, 5.41) is 6.54. The number of ether oxygens (including phenoxy) is 2. The highest BCUT2D eigenvalue weighted by molar-refractivity contribution is 7.13. The van der Waals surface area contributed by atoms with Gasteiger partial charge < -0.3 is 25.8 Å². The number of hydrogen-bond acceptors (Lipinski definition) is 8. The first-order valence-electron chi connectivity index (χ1n) is 13.0. The van der Waals surface area contributed by atoms with Gasteiger partial charge in [-0.1, -0.05) is 12.1 Å². The second-order valence-corrected chi connectivity index (χ2v) is 10.4. The third-order valence-electron chi connectivity index (χ3n) is 6.68. The lowest BCUT2D eigenvalue weighted by Crippen LogP contribution is -2.34. The number of carbonyl (C=O) groups is 3. The van der Waals surface area contributed by atoms with Crippen molar-refractivity contribution in [2.75, 3.05) is 25.6 Å². The number of esters is 1. The number of fused-ring (bicyclic) bond motifs is 3. The number of anilines is 1. The van der Waals surface area contributed by atoms with E-state index in [0.29, 0.717) is 36.6 Å². The zero-order chi connectivity index (χ0) is 30.7. The number of nitrogens with two attached hydrogens (primary N) is 1. The molecule has 2 amide bonds. The first-order chi connectivity index (χ1) is 20.6.